The van der Waals surface area contributed by atoms with E-state index in [4.69, 9.17) is 10.9 Å². The van der Waals surface area contributed by atoms with Gasteiger partial charge in [-0.25, -0.2) is 0 Å². The van der Waals surface area contributed by atoms with E-state index in [1.165, 1.54) is 0 Å². The molecule has 0 unspecified atom stereocenters. The minimum absolute atomic E-state index is 0.0104. The monoisotopic (exact) mass is 255 g/mol. The van der Waals surface area contributed by atoms with E-state index in [0.717, 1.165) is 0 Å². The third kappa shape index (κ3) is 2.26. The average Bonchev–Trinajstić information content (AvgIpc) is 2.62. The van der Waals surface area contributed by atoms with Gasteiger partial charge in [0.05, 0.1) is 23.4 Å². The van der Waals surface area contributed by atoms with Crippen LogP contribution in [0.25, 0.3) is 0 Å². The van der Waals surface area contributed by atoms with Crippen LogP contribution in [0.1, 0.15) is 25.1 Å². The summed E-state index contributed by atoms with van der Waals surface area (Å²) >= 11 is 0. The molecule has 4 N–H and O–H groups in total. The molecule has 0 radical (unpaired) electrons. The largest absolute Gasteiger partial charge is 0.409 e. The predicted octanol–water partition coefficient (Wildman–Crippen LogP) is 0.0301. The topological polar surface area (TPSA) is 99.9 Å². The lowest BCUT2D eigenvalue weighted by atomic mass is 10.0. The van der Waals surface area contributed by atoms with E-state index in [9.17, 15) is 5.11 Å². The van der Waals surface area contributed by atoms with Crippen molar-refractivity contribution < 1.29 is 10.3 Å². The van der Waals surface area contributed by atoms with Gasteiger partial charge in [-0.05, 0) is 20.8 Å². The molecular weight excluding hydrogens is 234 g/mol. The Balaban J connectivity index is 3.41. The van der Waals surface area contributed by atoms with Crippen molar-refractivity contribution >= 4 is 11.7 Å². The maximum Gasteiger partial charge on any atom is 0.175 e. The molecule has 0 spiro atoms. The zero-order chi connectivity index (χ0) is 14.1. The molecule has 0 amide bonds. The lowest BCUT2D eigenvalue weighted by Crippen LogP contribution is -2.46. The number of likely N-dealkylation sites (N-methyl/N-ethyl adjacent to an activating group) is 1. The van der Waals surface area contributed by atoms with Gasteiger partial charge in [-0.1, -0.05) is 5.16 Å². The van der Waals surface area contributed by atoms with Gasteiger partial charge in [0.1, 0.15) is 5.82 Å². The van der Waals surface area contributed by atoms with Gasteiger partial charge >= 0.3 is 0 Å². The lowest BCUT2D eigenvalue weighted by Gasteiger charge is -2.36. The third-order valence-corrected chi connectivity index (χ3v) is 3.17. The number of nitrogens with two attached hydrogens (primary N) is 1. The second-order valence-electron chi connectivity index (χ2n) is 4.92. The molecule has 102 valence electrons. The minimum atomic E-state index is -0.481. The lowest BCUT2D eigenvalue weighted by molar-refractivity contribution is 0.215. The first-order valence-electron chi connectivity index (χ1n) is 5.62. The molecule has 0 aliphatic carbocycles. The van der Waals surface area contributed by atoms with Crippen LogP contribution in [0.3, 0.4) is 0 Å². The SMILES string of the molecule is Cc1nn(C)c(N(C)C(C)(C)CO)c1C(N)=NO. The number of nitrogens with zero attached hydrogens (tertiary/aromatic N) is 4. The molecule has 0 aromatic carbocycles. The van der Waals surface area contributed by atoms with Gasteiger partial charge in [0.2, 0.25) is 0 Å². The summed E-state index contributed by atoms with van der Waals surface area (Å²) in [7, 11) is 3.61. The van der Waals surface area contributed by atoms with Crippen molar-refractivity contribution in [3.8, 4) is 0 Å². The molecule has 1 heterocycles. The van der Waals surface area contributed by atoms with Gasteiger partial charge < -0.3 is 20.9 Å². The fraction of sp³-hybridized carbons (Fsp3) is 0.636. The van der Waals surface area contributed by atoms with Crippen LogP contribution < -0.4 is 10.6 Å². The first-order chi connectivity index (χ1) is 8.26. The summed E-state index contributed by atoms with van der Waals surface area (Å²) in [6, 6.07) is 0. The summed E-state index contributed by atoms with van der Waals surface area (Å²) in [5, 5.41) is 25.6. The van der Waals surface area contributed by atoms with Crippen molar-refractivity contribution in [1.82, 2.24) is 9.78 Å². The van der Waals surface area contributed by atoms with E-state index in [1.807, 2.05) is 25.8 Å². The minimum Gasteiger partial charge on any atom is -0.409 e. The van der Waals surface area contributed by atoms with Crippen LogP contribution >= 0.6 is 0 Å². The highest BCUT2D eigenvalue weighted by Gasteiger charge is 2.29. The van der Waals surface area contributed by atoms with Crippen molar-refractivity contribution in [1.29, 1.82) is 0 Å². The Morgan fingerprint density at radius 2 is 2.11 bits per heavy atom. The summed E-state index contributed by atoms with van der Waals surface area (Å²) in [4.78, 5) is 1.86. The van der Waals surface area contributed by atoms with E-state index in [1.54, 1.807) is 18.7 Å². The number of hydrogen-bond acceptors (Lipinski definition) is 5. The molecular formula is C11H21N5O2. The summed E-state index contributed by atoms with van der Waals surface area (Å²) in [5.41, 5.74) is 6.45. The molecule has 0 saturated carbocycles. The van der Waals surface area contributed by atoms with Crippen molar-refractivity contribution in [2.75, 3.05) is 18.6 Å². The zero-order valence-electron chi connectivity index (χ0n) is 11.5. The number of rotatable bonds is 4. The molecule has 0 atom stereocenters. The Morgan fingerprint density at radius 3 is 2.56 bits per heavy atom. The summed E-state index contributed by atoms with van der Waals surface area (Å²) in [6.07, 6.45) is 0. The molecule has 1 rings (SSSR count). The van der Waals surface area contributed by atoms with Crippen LogP contribution in [0, 0.1) is 6.92 Å². The van der Waals surface area contributed by atoms with Gasteiger partial charge in [0.15, 0.2) is 5.84 Å². The van der Waals surface area contributed by atoms with E-state index in [0.29, 0.717) is 17.1 Å². The van der Waals surface area contributed by atoms with Crippen molar-refractivity contribution in [3.63, 3.8) is 0 Å². The molecule has 0 aliphatic heterocycles. The quantitative estimate of drug-likeness (QED) is 0.305. The number of aromatic nitrogens is 2. The number of aryl methyl sites for hydroxylation is 2. The predicted molar refractivity (Wildman–Crippen MR) is 70.0 cm³/mol. The summed E-state index contributed by atoms with van der Waals surface area (Å²) in [6.45, 7) is 5.55. The fourth-order valence-electron chi connectivity index (χ4n) is 1.77. The van der Waals surface area contributed by atoms with E-state index in [2.05, 4.69) is 10.3 Å². The molecule has 1 aromatic heterocycles. The van der Waals surface area contributed by atoms with Crippen molar-refractivity contribution in [2.24, 2.45) is 17.9 Å². The number of aliphatic hydroxyl groups is 1. The second-order valence-corrected chi connectivity index (χ2v) is 4.92. The zero-order valence-corrected chi connectivity index (χ0v) is 11.5. The smallest absolute Gasteiger partial charge is 0.175 e. The highest BCUT2D eigenvalue weighted by Crippen LogP contribution is 2.27. The van der Waals surface area contributed by atoms with Gasteiger partial charge in [-0.3, -0.25) is 4.68 Å². The van der Waals surface area contributed by atoms with E-state index >= 15 is 0 Å². The van der Waals surface area contributed by atoms with Gasteiger partial charge in [-0.2, -0.15) is 5.10 Å². The molecule has 18 heavy (non-hydrogen) atoms. The number of hydrogen-bond donors (Lipinski definition) is 3. The Kier molecular flexibility index (Phi) is 3.85. The standard InChI is InChI=1S/C11H21N5O2/c1-7-8(9(12)14-18)10(16(5)13-7)15(4)11(2,3)6-17/h17-18H,6H2,1-5H3,(H2,12,14). The molecule has 0 aliphatic rings. The Labute approximate surface area is 106 Å². The van der Waals surface area contributed by atoms with Crippen molar-refractivity contribution in [3.05, 3.63) is 11.3 Å². The van der Waals surface area contributed by atoms with E-state index in [-0.39, 0.29) is 12.4 Å². The Hall–Kier alpha value is -1.76. The maximum absolute atomic E-state index is 9.43. The maximum atomic E-state index is 9.43. The molecule has 7 heteroatoms. The highest BCUT2D eigenvalue weighted by molar-refractivity contribution is 6.02. The van der Waals surface area contributed by atoms with E-state index < -0.39 is 5.54 Å². The third-order valence-electron chi connectivity index (χ3n) is 3.17. The van der Waals surface area contributed by atoms with Crippen LogP contribution in [-0.2, 0) is 7.05 Å². The molecule has 1 aromatic rings. The van der Waals surface area contributed by atoms with Crippen LogP contribution in [0.5, 0.6) is 0 Å². The number of amidine groups is 1. The fourth-order valence-corrected chi connectivity index (χ4v) is 1.77. The van der Waals surface area contributed by atoms with Gasteiger partial charge in [0, 0.05) is 14.1 Å². The van der Waals surface area contributed by atoms with Crippen LogP contribution in [0.15, 0.2) is 5.16 Å². The first-order valence-corrected chi connectivity index (χ1v) is 5.62. The van der Waals surface area contributed by atoms with Crippen LogP contribution in [0.4, 0.5) is 5.82 Å². The van der Waals surface area contributed by atoms with Gasteiger partial charge in [0.25, 0.3) is 0 Å². The summed E-state index contributed by atoms with van der Waals surface area (Å²) < 4.78 is 1.65. The van der Waals surface area contributed by atoms with Crippen molar-refractivity contribution in [2.45, 2.75) is 26.3 Å². The molecule has 0 bridgehead atoms. The number of anilines is 1. The second kappa shape index (κ2) is 4.85. The van der Waals surface area contributed by atoms with Crippen LogP contribution in [0.2, 0.25) is 0 Å². The number of oxime groups is 1. The Morgan fingerprint density at radius 1 is 1.56 bits per heavy atom. The Bertz CT molecular complexity index is 464. The molecule has 7 nitrogen and oxygen atoms in total. The summed E-state index contributed by atoms with van der Waals surface area (Å²) in [5.74, 6) is 0.707. The van der Waals surface area contributed by atoms with Crippen LogP contribution in [-0.4, -0.2) is 45.1 Å². The first kappa shape index (κ1) is 14.3. The number of aliphatic hydroxyl groups excluding tert-OH is 1. The average molecular weight is 255 g/mol. The van der Waals surface area contributed by atoms with Gasteiger partial charge in [-0.15, -0.1) is 0 Å². The normalized spacial score (nSPS) is 12.9. The highest BCUT2D eigenvalue weighted by atomic mass is 16.4. The molecule has 0 saturated heterocycles. The molecule has 0 fully saturated rings.